The molecular weight excluding hydrogens is 298 g/mol. The van der Waals surface area contributed by atoms with Gasteiger partial charge in [-0.2, -0.15) is 0 Å². The number of aryl methyl sites for hydroxylation is 1. The lowest BCUT2D eigenvalue weighted by Gasteiger charge is -2.24. The maximum atomic E-state index is 12.8. The van der Waals surface area contributed by atoms with Gasteiger partial charge >= 0.3 is 0 Å². The first-order valence-corrected chi connectivity index (χ1v) is 8.11. The van der Waals surface area contributed by atoms with Crippen molar-refractivity contribution in [2.45, 2.75) is 26.3 Å². The predicted molar refractivity (Wildman–Crippen MR) is 85.2 cm³/mol. The Balaban J connectivity index is 1.88. The van der Waals surface area contributed by atoms with Crippen molar-refractivity contribution in [3.63, 3.8) is 0 Å². The Morgan fingerprint density at radius 3 is 2.68 bits per heavy atom. The van der Waals surface area contributed by atoms with E-state index in [2.05, 4.69) is 16.5 Å². The summed E-state index contributed by atoms with van der Waals surface area (Å²) in [5.74, 6) is 1.35. The molecule has 0 spiro atoms. The van der Waals surface area contributed by atoms with E-state index in [-0.39, 0.29) is 11.9 Å². The van der Waals surface area contributed by atoms with Gasteiger partial charge in [0.05, 0.1) is 18.8 Å². The standard InChI is InChI=1S/C16H19N3O2S/c1-10-8-14(12-4-6-13(21-3)7-5-12)19(9-10)16(20)15-11(2)17-18-22-15/h4-7,10,14H,8-9H2,1-3H3/t10-,14+/m1/s1. The van der Waals surface area contributed by atoms with Crippen LogP contribution in [0.5, 0.6) is 5.75 Å². The number of nitrogens with zero attached hydrogens (tertiary/aromatic N) is 3. The molecule has 1 amide bonds. The van der Waals surface area contributed by atoms with Crippen LogP contribution in [0, 0.1) is 12.8 Å². The normalized spacial score (nSPS) is 21.1. The monoisotopic (exact) mass is 317 g/mol. The largest absolute Gasteiger partial charge is 0.497 e. The second-order valence-corrected chi connectivity index (χ2v) is 6.53. The fraction of sp³-hybridized carbons (Fsp3) is 0.438. The van der Waals surface area contributed by atoms with Gasteiger partial charge in [-0.3, -0.25) is 4.79 Å². The van der Waals surface area contributed by atoms with Crippen LogP contribution in [0.15, 0.2) is 24.3 Å². The molecule has 1 aliphatic rings. The number of methoxy groups -OCH3 is 1. The van der Waals surface area contributed by atoms with Crippen LogP contribution in [0.4, 0.5) is 0 Å². The highest BCUT2D eigenvalue weighted by Gasteiger charge is 2.35. The minimum Gasteiger partial charge on any atom is -0.497 e. The number of benzene rings is 1. The zero-order valence-electron chi connectivity index (χ0n) is 12.9. The number of carbonyl (C=O) groups excluding carboxylic acids is 1. The quantitative estimate of drug-likeness (QED) is 0.873. The minimum absolute atomic E-state index is 0.0395. The Labute approximate surface area is 134 Å². The molecule has 22 heavy (non-hydrogen) atoms. The van der Waals surface area contributed by atoms with E-state index >= 15 is 0 Å². The van der Waals surface area contributed by atoms with Crippen LogP contribution >= 0.6 is 11.5 Å². The molecule has 5 nitrogen and oxygen atoms in total. The van der Waals surface area contributed by atoms with Crippen molar-refractivity contribution in [1.29, 1.82) is 0 Å². The lowest BCUT2D eigenvalue weighted by molar-refractivity contribution is 0.0736. The number of hydrogen-bond acceptors (Lipinski definition) is 5. The van der Waals surface area contributed by atoms with Crippen LogP contribution < -0.4 is 4.74 Å². The lowest BCUT2D eigenvalue weighted by Crippen LogP contribution is -2.31. The van der Waals surface area contributed by atoms with E-state index < -0.39 is 0 Å². The van der Waals surface area contributed by atoms with Crippen molar-refractivity contribution in [3.05, 3.63) is 40.4 Å². The first kappa shape index (κ1) is 15.0. The molecule has 0 N–H and O–H groups in total. The number of hydrogen-bond donors (Lipinski definition) is 0. The van der Waals surface area contributed by atoms with Crippen molar-refractivity contribution in [1.82, 2.24) is 14.5 Å². The van der Waals surface area contributed by atoms with Crippen molar-refractivity contribution >= 4 is 17.4 Å². The summed E-state index contributed by atoms with van der Waals surface area (Å²) in [5.41, 5.74) is 1.86. The van der Waals surface area contributed by atoms with Crippen LogP contribution in [0.3, 0.4) is 0 Å². The maximum Gasteiger partial charge on any atom is 0.268 e. The van der Waals surface area contributed by atoms with E-state index in [1.165, 1.54) is 11.5 Å². The fourth-order valence-corrected chi connectivity index (χ4v) is 3.58. The summed E-state index contributed by atoms with van der Waals surface area (Å²) < 4.78 is 9.09. The third kappa shape index (κ3) is 2.70. The van der Waals surface area contributed by atoms with Gasteiger partial charge in [0, 0.05) is 6.54 Å². The molecule has 1 saturated heterocycles. The summed E-state index contributed by atoms with van der Waals surface area (Å²) in [6.07, 6.45) is 0.976. The molecule has 2 atom stereocenters. The van der Waals surface area contributed by atoms with Crippen molar-refractivity contribution < 1.29 is 9.53 Å². The Kier molecular flexibility index (Phi) is 4.11. The maximum absolute atomic E-state index is 12.8. The van der Waals surface area contributed by atoms with Crippen molar-refractivity contribution in [2.24, 2.45) is 5.92 Å². The number of likely N-dealkylation sites (tertiary alicyclic amines) is 1. The molecule has 1 aliphatic heterocycles. The van der Waals surface area contributed by atoms with Crippen LogP contribution in [0.2, 0.25) is 0 Å². The van der Waals surface area contributed by atoms with Gasteiger partial charge < -0.3 is 9.64 Å². The van der Waals surface area contributed by atoms with E-state index in [0.717, 1.165) is 24.3 Å². The fourth-order valence-electron chi connectivity index (χ4n) is 2.97. The summed E-state index contributed by atoms with van der Waals surface area (Å²) in [6.45, 7) is 4.78. The summed E-state index contributed by atoms with van der Waals surface area (Å²) in [7, 11) is 1.65. The lowest BCUT2D eigenvalue weighted by atomic mass is 10.0. The first-order chi connectivity index (χ1) is 10.6. The zero-order valence-corrected chi connectivity index (χ0v) is 13.8. The van der Waals surface area contributed by atoms with E-state index in [4.69, 9.17) is 4.74 Å². The summed E-state index contributed by atoms with van der Waals surface area (Å²) in [6, 6.07) is 8.08. The average Bonchev–Trinajstić information content (AvgIpc) is 3.12. The Bertz CT molecular complexity index is 668. The van der Waals surface area contributed by atoms with Gasteiger partial charge in [0.15, 0.2) is 0 Å². The highest BCUT2D eigenvalue weighted by molar-refractivity contribution is 7.07. The molecule has 6 heteroatoms. The molecule has 1 aromatic carbocycles. The molecule has 0 saturated carbocycles. The zero-order chi connectivity index (χ0) is 15.7. The Hall–Kier alpha value is -1.95. The second-order valence-electron chi connectivity index (χ2n) is 5.77. The van der Waals surface area contributed by atoms with Crippen LogP contribution in [-0.2, 0) is 0 Å². The smallest absolute Gasteiger partial charge is 0.268 e. The SMILES string of the molecule is COc1ccc([C@@H]2C[C@@H](C)CN2C(=O)c2snnc2C)cc1. The number of aromatic nitrogens is 2. The topological polar surface area (TPSA) is 55.3 Å². The van der Waals surface area contributed by atoms with E-state index in [9.17, 15) is 4.79 Å². The van der Waals surface area contributed by atoms with E-state index in [0.29, 0.717) is 16.5 Å². The molecule has 0 bridgehead atoms. The van der Waals surface area contributed by atoms with Gasteiger partial charge in [-0.25, -0.2) is 0 Å². The van der Waals surface area contributed by atoms with Crippen molar-refractivity contribution in [3.8, 4) is 5.75 Å². The van der Waals surface area contributed by atoms with Crippen molar-refractivity contribution in [2.75, 3.05) is 13.7 Å². The molecule has 0 aliphatic carbocycles. The van der Waals surface area contributed by atoms with E-state index in [1.54, 1.807) is 7.11 Å². The number of carbonyl (C=O) groups is 1. The summed E-state index contributed by atoms with van der Waals surface area (Å²) >= 11 is 1.18. The van der Waals surface area contributed by atoms with Crippen LogP contribution in [-0.4, -0.2) is 34.0 Å². The van der Waals surface area contributed by atoms with Gasteiger partial charge in [0.2, 0.25) is 0 Å². The minimum atomic E-state index is 0.0395. The first-order valence-electron chi connectivity index (χ1n) is 7.34. The molecule has 2 heterocycles. The van der Waals surface area contributed by atoms with Gasteiger partial charge in [0.1, 0.15) is 10.6 Å². The third-order valence-corrected chi connectivity index (χ3v) is 4.93. The van der Waals surface area contributed by atoms with Gasteiger partial charge in [0.25, 0.3) is 5.91 Å². The van der Waals surface area contributed by atoms with Gasteiger partial charge in [-0.1, -0.05) is 23.5 Å². The molecule has 1 aromatic heterocycles. The molecule has 2 aromatic rings. The predicted octanol–water partition coefficient (Wildman–Crippen LogP) is 3.08. The molecule has 116 valence electrons. The number of amides is 1. The molecule has 1 fully saturated rings. The third-order valence-electron chi connectivity index (χ3n) is 4.12. The molecule has 3 rings (SSSR count). The number of rotatable bonds is 3. The van der Waals surface area contributed by atoms with Gasteiger partial charge in [-0.15, -0.1) is 5.10 Å². The summed E-state index contributed by atoms with van der Waals surface area (Å²) in [5, 5.41) is 3.95. The highest BCUT2D eigenvalue weighted by atomic mass is 32.1. The van der Waals surface area contributed by atoms with Crippen LogP contribution in [0.25, 0.3) is 0 Å². The van der Waals surface area contributed by atoms with Gasteiger partial charge in [-0.05, 0) is 48.5 Å². The summed E-state index contributed by atoms with van der Waals surface area (Å²) in [4.78, 5) is 15.4. The Morgan fingerprint density at radius 1 is 1.36 bits per heavy atom. The average molecular weight is 317 g/mol. The second kappa shape index (κ2) is 6.04. The van der Waals surface area contributed by atoms with Crippen LogP contribution in [0.1, 0.15) is 40.3 Å². The van der Waals surface area contributed by atoms with E-state index in [1.807, 2.05) is 36.1 Å². The molecule has 0 unspecified atom stereocenters. The Morgan fingerprint density at radius 2 is 2.09 bits per heavy atom. The number of ether oxygens (including phenoxy) is 1. The molecular formula is C16H19N3O2S. The highest BCUT2D eigenvalue weighted by Crippen LogP contribution is 2.37. The molecule has 0 radical (unpaired) electrons.